The Kier molecular flexibility index (Phi) is 9.46. The van der Waals surface area contributed by atoms with Crippen molar-refractivity contribution >= 4 is 7.32 Å². The molecule has 0 aliphatic carbocycles. The van der Waals surface area contributed by atoms with Gasteiger partial charge in [0.2, 0.25) is 11.6 Å². The van der Waals surface area contributed by atoms with Gasteiger partial charge in [-0.15, -0.1) is 0 Å². The fourth-order valence-corrected chi connectivity index (χ4v) is 0.741. The number of rotatable bonds is 2. The molecule has 0 heterocycles. The van der Waals surface area contributed by atoms with Crippen LogP contribution in [0.3, 0.4) is 0 Å². The van der Waals surface area contributed by atoms with Crippen molar-refractivity contribution in [1.82, 2.24) is 0 Å². The number of benzene rings is 1. The van der Waals surface area contributed by atoms with Crippen molar-refractivity contribution in [3.05, 3.63) is 29.3 Å². The van der Waals surface area contributed by atoms with Crippen molar-refractivity contribution in [2.45, 2.75) is 0 Å². The topological polar surface area (TPSA) is 55.3 Å². The summed E-state index contributed by atoms with van der Waals surface area (Å²) >= 11 is 0. The third kappa shape index (κ3) is 4.54. The minimum Gasteiger partial charge on any atom is -0.860 e. The minimum absolute atomic E-state index is 0. The third-order valence-corrected chi connectivity index (χ3v) is 1.29. The molecule has 0 fully saturated rings. The summed E-state index contributed by atoms with van der Waals surface area (Å²) in [7, 11) is -2.95. The smallest absolute Gasteiger partial charge is 0.860 e. The summed E-state index contributed by atoms with van der Waals surface area (Å²) in [6, 6.07) is 0.0799. The Morgan fingerprint density at radius 3 is 1.88 bits per heavy atom. The van der Waals surface area contributed by atoms with Gasteiger partial charge in [-0.25, -0.2) is 13.2 Å². The summed E-state index contributed by atoms with van der Waals surface area (Å²) < 4.78 is 53.4. The molecule has 3 nitrogen and oxygen atoms in total. The SMILES string of the molecule is [Na+].[Na+].[O-]B([O-])Oc1cc(F)c(F)c(F)c1F. The monoisotopic (exact) mass is 254 g/mol. The van der Waals surface area contributed by atoms with E-state index in [1.54, 1.807) is 0 Å². The summed E-state index contributed by atoms with van der Waals surface area (Å²) in [5.74, 6) is -9.10. The molecule has 0 saturated heterocycles. The first-order valence-electron chi connectivity index (χ1n) is 3.24. The van der Waals surface area contributed by atoms with Crippen molar-refractivity contribution in [2.24, 2.45) is 0 Å². The van der Waals surface area contributed by atoms with E-state index in [9.17, 15) is 27.6 Å². The molecular formula is C6HBF4Na2O3. The van der Waals surface area contributed by atoms with Gasteiger partial charge in [-0.1, -0.05) is 0 Å². The van der Waals surface area contributed by atoms with E-state index in [4.69, 9.17) is 0 Å². The fraction of sp³-hybridized carbons (Fsp3) is 0. The molecule has 0 aliphatic heterocycles. The van der Waals surface area contributed by atoms with Gasteiger partial charge in [-0.05, 0) is 0 Å². The van der Waals surface area contributed by atoms with Crippen LogP contribution in [0.15, 0.2) is 6.07 Å². The number of hydrogen-bond donors (Lipinski definition) is 0. The largest absolute Gasteiger partial charge is 1.00 e. The quantitative estimate of drug-likeness (QED) is 0.228. The van der Waals surface area contributed by atoms with Gasteiger partial charge in [0, 0.05) is 6.07 Å². The molecule has 0 bridgehead atoms. The first-order valence-corrected chi connectivity index (χ1v) is 3.24. The molecule has 0 amide bonds. The third-order valence-electron chi connectivity index (χ3n) is 1.29. The van der Waals surface area contributed by atoms with Crippen molar-refractivity contribution in [3.63, 3.8) is 0 Å². The summed E-state index contributed by atoms with van der Waals surface area (Å²) in [4.78, 5) is 0. The molecule has 76 valence electrons. The van der Waals surface area contributed by atoms with Gasteiger partial charge >= 0.3 is 59.1 Å². The summed E-state index contributed by atoms with van der Waals surface area (Å²) in [5.41, 5.74) is 0. The molecule has 0 atom stereocenters. The van der Waals surface area contributed by atoms with Crippen LogP contribution in [0.1, 0.15) is 0 Å². The molecule has 16 heavy (non-hydrogen) atoms. The van der Waals surface area contributed by atoms with Crippen molar-refractivity contribution in [2.75, 3.05) is 0 Å². The second-order valence-electron chi connectivity index (χ2n) is 2.20. The summed E-state index contributed by atoms with van der Waals surface area (Å²) in [6.07, 6.45) is 0. The van der Waals surface area contributed by atoms with Gasteiger partial charge < -0.3 is 14.7 Å². The van der Waals surface area contributed by atoms with E-state index in [1.807, 2.05) is 0 Å². The van der Waals surface area contributed by atoms with E-state index < -0.39 is 36.3 Å². The van der Waals surface area contributed by atoms with Gasteiger partial charge in [-0.2, -0.15) is 4.39 Å². The van der Waals surface area contributed by atoms with E-state index in [2.05, 4.69) is 4.65 Å². The Hall–Kier alpha value is 0.725. The molecule has 0 aromatic heterocycles. The maximum atomic E-state index is 12.6. The zero-order valence-corrected chi connectivity index (χ0v) is 12.4. The predicted molar refractivity (Wildman–Crippen MR) is 32.7 cm³/mol. The van der Waals surface area contributed by atoms with E-state index >= 15 is 0 Å². The average Bonchev–Trinajstić information content (AvgIpc) is 2.10. The molecule has 1 rings (SSSR count). The molecule has 0 radical (unpaired) electrons. The Bertz CT molecular complexity index is 366. The van der Waals surface area contributed by atoms with Gasteiger partial charge in [0.15, 0.2) is 11.6 Å². The van der Waals surface area contributed by atoms with Crippen molar-refractivity contribution < 1.29 is 91.4 Å². The predicted octanol–water partition coefficient (Wildman–Crippen LogP) is -6.66. The van der Waals surface area contributed by atoms with Gasteiger partial charge in [0.05, 0.1) is 0 Å². The first kappa shape index (κ1) is 19.1. The van der Waals surface area contributed by atoms with Crippen LogP contribution < -0.4 is 73.8 Å². The zero-order chi connectivity index (χ0) is 10.9. The molecule has 1 aromatic carbocycles. The van der Waals surface area contributed by atoms with Crippen LogP contribution in [0.4, 0.5) is 17.6 Å². The van der Waals surface area contributed by atoms with E-state index in [0.717, 1.165) is 0 Å². The molecule has 1 aromatic rings. The fourth-order valence-electron chi connectivity index (χ4n) is 0.741. The number of hydrogen-bond acceptors (Lipinski definition) is 3. The maximum Gasteiger partial charge on any atom is 1.00 e. The van der Waals surface area contributed by atoms with E-state index in [1.165, 1.54) is 0 Å². The molecule has 0 N–H and O–H groups in total. The number of halogens is 4. The van der Waals surface area contributed by atoms with Crippen LogP contribution >= 0.6 is 0 Å². The van der Waals surface area contributed by atoms with Crippen LogP contribution in [-0.4, -0.2) is 7.32 Å². The zero-order valence-electron chi connectivity index (χ0n) is 8.39. The summed E-state index contributed by atoms with van der Waals surface area (Å²) in [6.45, 7) is 0. The van der Waals surface area contributed by atoms with Crippen LogP contribution in [-0.2, 0) is 0 Å². The van der Waals surface area contributed by atoms with Crippen LogP contribution in [0.2, 0.25) is 0 Å². The molecule has 10 heteroatoms. The molecule has 0 spiro atoms. The molecule has 0 saturated carbocycles. The van der Waals surface area contributed by atoms with Crippen molar-refractivity contribution in [3.8, 4) is 5.75 Å². The second-order valence-corrected chi connectivity index (χ2v) is 2.20. The standard InChI is InChI=1S/C6HBF4O3.2Na/c8-2-1-3(14-7(12)13)5(10)6(11)4(2)9;;/h1H;;/q-2;2*+1. The van der Waals surface area contributed by atoms with E-state index in [-0.39, 0.29) is 65.2 Å². The molecule has 0 aliphatic rings. The molecule has 0 unspecified atom stereocenters. The summed E-state index contributed by atoms with van der Waals surface area (Å²) in [5, 5.41) is 19.7. The maximum absolute atomic E-state index is 12.6. The Balaban J connectivity index is 0. The second kappa shape index (κ2) is 7.94. The van der Waals surface area contributed by atoms with Gasteiger partial charge in [-0.3, -0.25) is 0 Å². The molecular weight excluding hydrogens is 253 g/mol. The Labute approximate surface area is 133 Å². The minimum atomic E-state index is -2.95. The van der Waals surface area contributed by atoms with Crippen LogP contribution in [0, 0.1) is 23.3 Å². The Morgan fingerprint density at radius 1 is 0.938 bits per heavy atom. The van der Waals surface area contributed by atoms with Gasteiger partial charge in [0.25, 0.3) is 0 Å². The normalized spacial score (nSPS) is 8.88. The first-order chi connectivity index (χ1) is 6.43. The van der Waals surface area contributed by atoms with E-state index in [0.29, 0.717) is 0 Å². The van der Waals surface area contributed by atoms with Crippen LogP contribution in [0.25, 0.3) is 0 Å². The van der Waals surface area contributed by atoms with Gasteiger partial charge in [0.1, 0.15) is 13.1 Å². The van der Waals surface area contributed by atoms with Crippen molar-refractivity contribution in [1.29, 1.82) is 0 Å². The van der Waals surface area contributed by atoms with Crippen LogP contribution in [0.5, 0.6) is 5.75 Å². The average molecular weight is 254 g/mol. The Morgan fingerprint density at radius 2 is 1.44 bits per heavy atom.